The van der Waals surface area contributed by atoms with Gasteiger partial charge in [0.05, 0.1) is 11.3 Å². The van der Waals surface area contributed by atoms with Crippen LogP contribution in [0.4, 0.5) is 5.69 Å². The van der Waals surface area contributed by atoms with Gasteiger partial charge >= 0.3 is 5.97 Å². The molecule has 1 aromatic carbocycles. The van der Waals surface area contributed by atoms with Crippen molar-refractivity contribution in [1.29, 1.82) is 10.7 Å². The molecule has 0 radical (unpaired) electrons. The molecule has 8 nitrogen and oxygen atoms in total. The van der Waals surface area contributed by atoms with Crippen LogP contribution < -0.4 is 11.2 Å². The molecule has 5 N–H and O–H groups in total. The Hall–Kier alpha value is -3.08. The largest absolute Gasteiger partial charge is 0.506 e. The van der Waals surface area contributed by atoms with E-state index in [9.17, 15) is 9.90 Å². The Morgan fingerprint density at radius 1 is 1.50 bits per heavy atom. The van der Waals surface area contributed by atoms with E-state index in [-0.39, 0.29) is 22.7 Å². The summed E-state index contributed by atoms with van der Waals surface area (Å²) in [5.41, 5.74) is 6.90. The van der Waals surface area contributed by atoms with Crippen LogP contribution in [0.1, 0.15) is 31.1 Å². The van der Waals surface area contributed by atoms with E-state index in [2.05, 4.69) is 10.5 Å². The van der Waals surface area contributed by atoms with Crippen molar-refractivity contribution in [3.63, 3.8) is 0 Å². The average Bonchev–Trinajstić information content (AvgIpc) is 2.38. The van der Waals surface area contributed by atoms with Gasteiger partial charge in [0.15, 0.2) is 5.84 Å². The topological polar surface area (TPSA) is 145 Å². The van der Waals surface area contributed by atoms with Crippen molar-refractivity contribution in [3.8, 4) is 11.8 Å². The number of hydrogen-bond acceptors (Lipinski definition) is 7. The van der Waals surface area contributed by atoms with Gasteiger partial charge in [0.25, 0.3) is 0 Å². The number of nitriles is 1. The van der Waals surface area contributed by atoms with E-state index in [1.54, 1.807) is 26.8 Å². The lowest BCUT2D eigenvalue weighted by atomic mass is 10.1. The van der Waals surface area contributed by atoms with E-state index in [1.165, 1.54) is 18.2 Å². The highest BCUT2D eigenvalue weighted by Gasteiger charge is 2.18. The molecule has 0 saturated carbocycles. The summed E-state index contributed by atoms with van der Waals surface area (Å²) >= 11 is 0. The van der Waals surface area contributed by atoms with Crippen LogP contribution in [0, 0.1) is 16.7 Å². The van der Waals surface area contributed by atoms with Gasteiger partial charge < -0.3 is 15.6 Å². The number of phenolic OH excluding ortho intramolecular Hbond substituents is 1. The van der Waals surface area contributed by atoms with Gasteiger partial charge in [-0.2, -0.15) is 10.4 Å². The molecular formula is C14H17N5O3. The number of carbonyl (C=O) groups is 1. The molecule has 0 spiro atoms. The second-order valence-corrected chi connectivity index (χ2v) is 5.33. The highest BCUT2D eigenvalue weighted by Crippen LogP contribution is 2.25. The van der Waals surface area contributed by atoms with E-state index in [0.717, 1.165) is 0 Å². The van der Waals surface area contributed by atoms with Crippen LogP contribution >= 0.6 is 0 Å². The minimum absolute atomic E-state index is 0.154. The number of nitrogens with zero attached hydrogens (tertiary/aromatic N) is 2. The smallest absolute Gasteiger partial charge is 0.338 e. The van der Waals surface area contributed by atoms with Gasteiger partial charge in [-0.1, -0.05) is 0 Å². The molecule has 0 amide bonds. The van der Waals surface area contributed by atoms with Crippen molar-refractivity contribution in [2.75, 3.05) is 5.43 Å². The van der Waals surface area contributed by atoms with Crippen LogP contribution in [0.3, 0.4) is 0 Å². The summed E-state index contributed by atoms with van der Waals surface area (Å²) in [5.74, 6) is -1.33. The maximum Gasteiger partial charge on any atom is 0.338 e. The number of benzene rings is 1. The fourth-order valence-electron chi connectivity index (χ4n) is 1.35. The zero-order valence-corrected chi connectivity index (χ0v) is 12.5. The summed E-state index contributed by atoms with van der Waals surface area (Å²) < 4.78 is 5.18. The van der Waals surface area contributed by atoms with E-state index in [0.29, 0.717) is 0 Å². The summed E-state index contributed by atoms with van der Waals surface area (Å²) in [5, 5.41) is 29.3. The SMILES string of the molecule is CC(C)(C)OC(=O)c1ccc(N/N=C(\C#N)C(=N)N)c(O)c1. The molecule has 22 heavy (non-hydrogen) atoms. The summed E-state index contributed by atoms with van der Waals surface area (Å²) in [6.45, 7) is 5.21. The molecule has 0 unspecified atom stereocenters. The van der Waals surface area contributed by atoms with Gasteiger partial charge in [0.1, 0.15) is 17.4 Å². The van der Waals surface area contributed by atoms with Gasteiger partial charge in [-0.3, -0.25) is 10.8 Å². The van der Waals surface area contributed by atoms with Gasteiger partial charge in [-0.25, -0.2) is 4.79 Å². The molecule has 0 heterocycles. The zero-order valence-electron chi connectivity index (χ0n) is 12.5. The molecule has 0 aliphatic carbocycles. The number of nitrogens with one attached hydrogen (secondary N) is 2. The standard InChI is InChI=1S/C14H17N5O3/c1-14(2,3)22-13(21)8-4-5-9(11(20)6-8)18-19-10(7-15)12(16)17/h4-6,18,20H,1-3H3,(H3,16,17)/b19-10+. The van der Waals surface area contributed by atoms with Crippen LogP contribution in [-0.4, -0.2) is 28.2 Å². The predicted molar refractivity (Wildman–Crippen MR) is 81.9 cm³/mol. The number of aromatic hydroxyl groups is 1. The second-order valence-electron chi connectivity index (χ2n) is 5.33. The van der Waals surface area contributed by atoms with Gasteiger partial charge in [0.2, 0.25) is 5.71 Å². The molecule has 1 rings (SSSR count). The Morgan fingerprint density at radius 2 is 2.14 bits per heavy atom. The molecule has 0 aromatic heterocycles. The van der Waals surface area contributed by atoms with Crippen LogP contribution in [0.15, 0.2) is 23.3 Å². The number of rotatable bonds is 4. The third-order valence-electron chi connectivity index (χ3n) is 2.28. The average molecular weight is 303 g/mol. The molecule has 8 heteroatoms. The summed E-state index contributed by atoms with van der Waals surface area (Å²) in [6, 6.07) is 5.67. The molecule has 0 fully saturated rings. The second kappa shape index (κ2) is 6.58. The normalized spacial score (nSPS) is 11.5. The quantitative estimate of drug-likeness (QED) is 0.218. The number of ether oxygens (including phenoxy) is 1. The van der Waals surface area contributed by atoms with E-state index in [1.807, 2.05) is 0 Å². The van der Waals surface area contributed by atoms with Crippen molar-refractivity contribution in [2.45, 2.75) is 26.4 Å². The fourth-order valence-corrected chi connectivity index (χ4v) is 1.35. The third-order valence-corrected chi connectivity index (χ3v) is 2.28. The molecular weight excluding hydrogens is 286 g/mol. The third kappa shape index (κ3) is 4.79. The zero-order chi connectivity index (χ0) is 16.9. The van der Waals surface area contributed by atoms with Crippen molar-refractivity contribution >= 4 is 23.2 Å². The number of phenols is 1. The summed E-state index contributed by atoms with van der Waals surface area (Å²) in [7, 11) is 0. The van der Waals surface area contributed by atoms with E-state index < -0.39 is 17.4 Å². The fraction of sp³-hybridized carbons (Fsp3) is 0.286. The van der Waals surface area contributed by atoms with Gasteiger partial charge in [0, 0.05) is 0 Å². The molecule has 116 valence electrons. The van der Waals surface area contributed by atoms with Crippen LogP contribution in [-0.2, 0) is 4.74 Å². The van der Waals surface area contributed by atoms with E-state index >= 15 is 0 Å². The van der Waals surface area contributed by atoms with Gasteiger partial charge in [-0.05, 0) is 39.0 Å². The summed E-state index contributed by atoms with van der Waals surface area (Å²) in [6.07, 6.45) is 0. The molecule has 0 saturated heterocycles. The van der Waals surface area contributed by atoms with Crippen molar-refractivity contribution in [3.05, 3.63) is 23.8 Å². The summed E-state index contributed by atoms with van der Waals surface area (Å²) in [4.78, 5) is 11.9. The molecule has 0 bridgehead atoms. The highest BCUT2D eigenvalue weighted by molar-refractivity contribution is 6.45. The number of carbonyl (C=O) groups excluding carboxylic acids is 1. The Balaban J connectivity index is 2.94. The number of amidine groups is 1. The lowest BCUT2D eigenvalue weighted by Gasteiger charge is -2.19. The number of anilines is 1. The van der Waals surface area contributed by atoms with Gasteiger partial charge in [-0.15, -0.1) is 0 Å². The lowest BCUT2D eigenvalue weighted by Crippen LogP contribution is -2.23. The van der Waals surface area contributed by atoms with Crippen molar-refractivity contribution in [1.82, 2.24) is 0 Å². The number of nitrogens with two attached hydrogens (primary N) is 1. The molecule has 0 atom stereocenters. The maximum atomic E-state index is 11.9. The first-order chi connectivity index (χ1) is 10.1. The Morgan fingerprint density at radius 3 is 2.59 bits per heavy atom. The number of hydrogen-bond donors (Lipinski definition) is 4. The molecule has 1 aromatic rings. The molecule has 0 aliphatic heterocycles. The number of esters is 1. The first-order valence-corrected chi connectivity index (χ1v) is 6.28. The maximum absolute atomic E-state index is 11.9. The Labute approximate surface area is 127 Å². The minimum Gasteiger partial charge on any atom is -0.506 e. The van der Waals surface area contributed by atoms with Crippen LogP contribution in [0.2, 0.25) is 0 Å². The highest BCUT2D eigenvalue weighted by atomic mass is 16.6. The molecule has 0 aliphatic rings. The predicted octanol–water partition coefficient (Wildman–Crippen LogP) is 1.57. The lowest BCUT2D eigenvalue weighted by molar-refractivity contribution is 0.00691. The van der Waals surface area contributed by atoms with Crippen LogP contribution in [0.25, 0.3) is 0 Å². The Bertz CT molecular complexity index is 668. The van der Waals surface area contributed by atoms with Crippen molar-refractivity contribution < 1.29 is 14.6 Å². The van der Waals surface area contributed by atoms with Crippen molar-refractivity contribution in [2.24, 2.45) is 10.8 Å². The van der Waals surface area contributed by atoms with E-state index in [4.69, 9.17) is 21.1 Å². The first kappa shape index (κ1) is 17.0. The first-order valence-electron chi connectivity index (χ1n) is 6.28. The Kier molecular flexibility index (Phi) is 5.08. The number of hydrazone groups is 1. The minimum atomic E-state index is -0.642. The van der Waals surface area contributed by atoms with Crippen LogP contribution in [0.5, 0.6) is 5.75 Å². The monoisotopic (exact) mass is 303 g/mol.